The summed E-state index contributed by atoms with van der Waals surface area (Å²) in [6, 6.07) is 3.92. The maximum absolute atomic E-state index is 12.0. The number of nitrogens with one attached hydrogen (secondary N) is 1. The van der Waals surface area contributed by atoms with Crippen molar-refractivity contribution in [2.45, 2.75) is 25.5 Å². The minimum atomic E-state index is -3.70. The Hall–Kier alpha value is -1.27. The van der Waals surface area contributed by atoms with Crippen molar-refractivity contribution in [3.8, 4) is 0 Å². The van der Waals surface area contributed by atoms with E-state index in [2.05, 4.69) is 4.72 Å². The van der Waals surface area contributed by atoms with Gasteiger partial charge in [-0.15, -0.1) is 0 Å². The smallest absolute Gasteiger partial charge is 0.337 e. The van der Waals surface area contributed by atoms with Crippen LogP contribution in [0.15, 0.2) is 18.2 Å². The van der Waals surface area contributed by atoms with Crippen LogP contribution in [0.4, 0.5) is 5.69 Å². The summed E-state index contributed by atoms with van der Waals surface area (Å²) in [5, 5.41) is 9.23. The Balaban J connectivity index is 3.27. The Morgan fingerprint density at radius 3 is 2.33 bits per heavy atom. The van der Waals surface area contributed by atoms with Gasteiger partial charge in [-0.1, -0.05) is 11.6 Å². The third-order valence-electron chi connectivity index (χ3n) is 2.26. The molecule has 0 saturated carbocycles. The van der Waals surface area contributed by atoms with E-state index in [1.807, 2.05) is 0 Å². The van der Waals surface area contributed by atoms with Gasteiger partial charge in [0.05, 0.1) is 16.0 Å². The molecule has 0 heterocycles. The molecule has 0 spiro atoms. The Labute approximate surface area is 111 Å². The van der Waals surface area contributed by atoms with Gasteiger partial charge < -0.3 is 5.11 Å². The first kappa shape index (κ1) is 14.8. The van der Waals surface area contributed by atoms with Gasteiger partial charge in [0, 0.05) is 5.02 Å². The molecule has 0 radical (unpaired) electrons. The van der Waals surface area contributed by atoms with E-state index in [0.29, 0.717) is 0 Å². The summed E-state index contributed by atoms with van der Waals surface area (Å²) in [5.74, 6) is -1.22. The summed E-state index contributed by atoms with van der Waals surface area (Å²) in [6.07, 6.45) is 0. The Morgan fingerprint density at radius 1 is 1.33 bits per heavy atom. The molecule has 0 amide bonds. The summed E-state index contributed by atoms with van der Waals surface area (Å²) in [6.45, 7) is 4.54. The first-order chi connectivity index (χ1) is 8.04. The van der Waals surface area contributed by atoms with Gasteiger partial charge >= 0.3 is 5.97 Å². The van der Waals surface area contributed by atoms with Crippen LogP contribution in [0.25, 0.3) is 0 Å². The molecule has 7 heteroatoms. The molecular formula is C11H14ClNO4S. The highest BCUT2D eigenvalue weighted by molar-refractivity contribution is 7.94. The maximum Gasteiger partial charge on any atom is 0.337 e. The van der Waals surface area contributed by atoms with Crippen molar-refractivity contribution in [2.75, 3.05) is 4.72 Å². The SMILES string of the molecule is CC(C)(C)S(=O)(=O)Nc1cc(Cl)ccc1C(=O)O. The van der Waals surface area contributed by atoms with E-state index >= 15 is 0 Å². The summed E-state index contributed by atoms with van der Waals surface area (Å²) in [4.78, 5) is 11.0. The molecule has 1 aromatic rings. The third-order valence-corrected chi connectivity index (χ3v) is 4.60. The molecule has 0 aromatic heterocycles. The lowest BCUT2D eigenvalue weighted by Gasteiger charge is -2.21. The number of halogens is 1. The van der Waals surface area contributed by atoms with Crippen LogP contribution in [-0.4, -0.2) is 24.2 Å². The monoisotopic (exact) mass is 291 g/mol. The van der Waals surface area contributed by atoms with Crippen LogP contribution in [-0.2, 0) is 10.0 Å². The highest BCUT2D eigenvalue weighted by atomic mass is 35.5. The fourth-order valence-electron chi connectivity index (χ4n) is 1.09. The van der Waals surface area contributed by atoms with Crippen molar-refractivity contribution in [1.29, 1.82) is 0 Å². The van der Waals surface area contributed by atoms with E-state index in [1.54, 1.807) is 0 Å². The molecule has 0 atom stereocenters. The van der Waals surface area contributed by atoms with Gasteiger partial charge in [-0.2, -0.15) is 0 Å². The molecule has 0 fully saturated rings. The van der Waals surface area contributed by atoms with Crippen LogP contribution < -0.4 is 4.72 Å². The lowest BCUT2D eigenvalue weighted by molar-refractivity contribution is 0.0698. The van der Waals surface area contributed by atoms with E-state index < -0.39 is 20.7 Å². The second-order valence-electron chi connectivity index (χ2n) is 4.71. The van der Waals surface area contributed by atoms with Gasteiger partial charge in [-0.25, -0.2) is 13.2 Å². The summed E-state index contributed by atoms with van der Waals surface area (Å²) in [5.41, 5.74) is -0.183. The molecule has 0 saturated heterocycles. The van der Waals surface area contributed by atoms with Crippen LogP contribution in [0.3, 0.4) is 0 Å². The number of benzene rings is 1. The summed E-state index contributed by atoms with van der Waals surface area (Å²) < 4.78 is 25.1. The quantitative estimate of drug-likeness (QED) is 0.896. The molecule has 1 rings (SSSR count). The molecule has 0 bridgehead atoms. The molecule has 0 aliphatic heterocycles. The highest BCUT2D eigenvalue weighted by Crippen LogP contribution is 2.25. The number of hydrogen-bond acceptors (Lipinski definition) is 3. The van der Waals surface area contributed by atoms with E-state index in [0.717, 1.165) is 0 Å². The van der Waals surface area contributed by atoms with Crippen LogP contribution in [0.2, 0.25) is 5.02 Å². The molecule has 100 valence electrons. The van der Waals surface area contributed by atoms with Gasteiger partial charge in [-0.3, -0.25) is 4.72 Å². The number of carbonyl (C=O) groups is 1. The Bertz CT molecular complexity index is 575. The number of aromatic carboxylic acids is 1. The van der Waals surface area contributed by atoms with Crippen molar-refractivity contribution < 1.29 is 18.3 Å². The van der Waals surface area contributed by atoms with E-state index in [4.69, 9.17) is 16.7 Å². The van der Waals surface area contributed by atoms with Crippen molar-refractivity contribution in [2.24, 2.45) is 0 Å². The van der Waals surface area contributed by atoms with Crippen molar-refractivity contribution >= 4 is 33.3 Å². The topological polar surface area (TPSA) is 83.5 Å². The van der Waals surface area contributed by atoms with Gasteiger partial charge in [-0.05, 0) is 39.0 Å². The molecule has 0 aliphatic rings. The molecule has 1 aromatic carbocycles. The molecule has 0 aliphatic carbocycles. The lowest BCUT2D eigenvalue weighted by atomic mass is 10.2. The fraction of sp³-hybridized carbons (Fsp3) is 0.364. The average molecular weight is 292 g/mol. The number of anilines is 1. The number of sulfonamides is 1. The first-order valence-electron chi connectivity index (χ1n) is 5.10. The van der Waals surface area contributed by atoms with Crippen molar-refractivity contribution in [1.82, 2.24) is 0 Å². The Morgan fingerprint density at radius 2 is 1.89 bits per heavy atom. The largest absolute Gasteiger partial charge is 0.478 e. The van der Waals surface area contributed by atoms with Crippen LogP contribution in [0.1, 0.15) is 31.1 Å². The van der Waals surface area contributed by atoms with Gasteiger partial charge in [0.1, 0.15) is 0 Å². The fourth-order valence-corrected chi connectivity index (χ4v) is 2.02. The predicted octanol–water partition coefficient (Wildman–Crippen LogP) is 2.58. The number of hydrogen-bond donors (Lipinski definition) is 2. The third kappa shape index (κ3) is 3.14. The zero-order valence-electron chi connectivity index (χ0n) is 10.2. The number of rotatable bonds is 3. The van der Waals surface area contributed by atoms with Crippen molar-refractivity contribution in [3.63, 3.8) is 0 Å². The van der Waals surface area contributed by atoms with Crippen LogP contribution >= 0.6 is 11.6 Å². The van der Waals surface area contributed by atoms with Gasteiger partial charge in [0.15, 0.2) is 0 Å². The second-order valence-corrected chi connectivity index (χ2v) is 7.59. The molecule has 2 N–H and O–H groups in total. The number of carboxylic acid groups (broad SMARTS) is 1. The van der Waals surface area contributed by atoms with Gasteiger partial charge in [0.2, 0.25) is 10.0 Å². The normalized spacial score (nSPS) is 12.2. The first-order valence-corrected chi connectivity index (χ1v) is 6.96. The number of carboxylic acids is 1. The maximum atomic E-state index is 12.0. The lowest BCUT2D eigenvalue weighted by Crippen LogP contribution is -2.34. The minimum Gasteiger partial charge on any atom is -0.478 e. The molecular weight excluding hydrogens is 278 g/mol. The standard InChI is InChI=1S/C11H14ClNO4S/c1-11(2,3)18(16,17)13-9-6-7(12)4-5-8(9)10(14)15/h4-6,13H,1-3H3,(H,14,15). The van der Waals surface area contributed by atoms with Crippen LogP contribution in [0.5, 0.6) is 0 Å². The van der Waals surface area contributed by atoms with Crippen molar-refractivity contribution in [3.05, 3.63) is 28.8 Å². The molecule has 0 unspecified atom stereocenters. The molecule has 5 nitrogen and oxygen atoms in total. The summed E-state index contributed by atoms with van der Waals surface area (Å²) in [7, 11) is -3.70. The average Bonchev–Trinajstić information content (AvgIpc) is 2.14. The van der Waals surface area contributed by atoms with E-state index in [-0.39, 0.29) is 16.3 Å². The molecule has 18 heavy (non-hydrogen) atoms. The summed E-state index contributed by atoms with van der Waals surface area (Å²) >= 11 is 5.74. The zero-order valence-corrected chi connectivity index (χ0v) is 11.8. The minimum absolute atomic E-state index is 0.0371. The highest BCUT2D eigenvalue weighted by Gasteiger charge is 2.30. The van der Waals surface area contributed by atoms with Gasteiger partial charge in [0.25, 0.3) is 0 Å². The van der Waals surface area contributed by atoms with E-state index in [1.165, 1.54) is 39.0 Å². The van der Waals surface area contributed by atoms with Crippen LogP contribution in [0, 0.1) is 0 Å². The Kier molecular flexibility index (Phi) is 3.92. The predicted molar refractivity (Wildman–Crippen MR) is 70.7 cm³/mol. The van der Waals surface area contributed by atoms with E-state index in [9.17, 15) is 13.2 Å². The second kappa shape index (κ2) is 4.78. The zero-order chi connectivity index (χ0) is 14.1.